The van der Waals surface area contributed by atoms with Gasteiger partial charge in [-0.2, -0.15) is 0 Å². The highest BCUT2D eigenvalue weighted by Gasteiger charge is 2.25. The minimum atomic E-state index is -0.829. The Balaban J connectivity index is 2.03. The lowest BCUT2D eigenvalue weighted by Gasteiger charge is -2.16. The van der Waals surface area contributed by atoms with Gasteiger partial charge >= 0.3 is 0 Å². The Morgan fingerprint density at radius 3 is 2.00 bits per heavy atom. The summed E-state index contributed by atoms with van der Waals surface area (Å²) in [7, 11) is 0. The van der Waals surface area contributed by atoms with Crippen LogP contribution in [0, 0.1) is 0 Å². The molecule has 0 unspecified atom stereocenters. The molecule has 2 nitrogen and oxygen atoms in total. The summed E-state index contributed by atoms with van der Waals surface area (Å²) < 4.78 is 0. The molecule has 4 heteroatoms. The van der Waals surface area contributed by atoms with Crippen molar-refractivity contribution >= 4 is 34.8 Å². The first kappa shape index (κ1) is 13.9. The molecule has 2 atom stereocenters. The van der Waals surface area contributed by atoms with Crippen LogP contribution in [0.5, 0.6) is 0 Å². The summed E-state index contributed by atoms with van der Waals surface area (Å²) in [5.41, 5.74) is 1.53. The number of hydrogen-bond acceptors (Lipinski definition) is 1. The lowest BCUT2D eigenvalue weighted by atomic mass is 10.1. The lowest BCUT2D eigenvalue weighted by Crippen LogP contribution is -2.26. The van der Waals surface area contributed by atoms with Gasteiger partial charge in [0.25, 0.3) is 0 Å². The molecule has 98 valence electrons. The molecule has 0 fully saturated rings. The van der Waals surface area contributed by atoms with Crippen LogP contribution in [0.1, 0.15) is 10.9 Å². The molecule has 0 saturated heterocycles. The van der Waals surface area contributed by atoms with Gasteiger partial charge in [0.05, 0.1) is 5.38 Å². The van der Waals surface area contributed by atoms with Gasteiger partial charge in [-0.25, -0.2) is 0 Å². The second kappa shape index (κ2) is 6.60. The molecule has 2 aromatic carbocycles. The van der Waals surface area contributed by atoms with Gasteiger partial charge in [-0.3, -0.25) is 4.79 Å². The van der Waals surface area contributed by atoms with Crippen molar-refractivity contribution in [1.82, 2.24) is 0 Å². The molecule has 2 aromatic rings. The predicted molar refractivity (Wildman–Crippen MR) is 79.7 cm³/mol. The Kier molecular flexibility index (Phi) is 4.83. The molecule has 0 aliphatic rings. The van der Waals surface area contributed by atoms with Crippen LogP contribution in [0.25, 0.3) is 0 Å². The standard InChI is InChI=1S/C15H13Cl2NO/c16-13(11-7-3-1-4-8-11)14(17)15(19)18-12-9-5-2-6-10-12/h1-10,13-14H,(H,18,19)/t13-,14-/m0/s1. The molecule has 0 aromatic heterocycles. The van der Waals surface area contributed by atoms with Gasteiger partial charge in [0, 0.05) is 5.69 Å². The third-order valence-corrected chi connectivity index (χ3v) is 3.75. The van der Waals surface area contributed by atoms with E-state index in [1.807, 2.05) is 48.5 Å². The van der Waals surface area contributed by atoms with Gasteiger partial charge in [0.1, 0.15) is 5.38 Å². The number of anilines is 1. The quantitative estimate of drug-likeness (QED) is 0.841. The Bertz CT molecular complexity index is 530. The molecule has 0 bridgehead atoms. The first-order valence-electron chi connectivity index (χ1n) is 5.87. The normalized spacial score (nSPS) is 13.6. The second-order valence-electron chi connectivity index (χ2n) is 4.07. The lowest BCUT2D eigenvalue weighted by molar-refractivity contribution is -0.115. The molecule has 0 saturated carbocycles. The molecule has 0 spiro atoms. The maximum Gasteiger partial charge on any atom is 0.244 e. The fourth-order valence-corrected chi connectivity index (χ4v) is 2.13. The summed E-state index contributed by atoms with van der Waals surface area (Å²) >= 11 is 12.3. The number of halogens is 2. The Hall–Kier alpha value is -1.51. The molecule has 19 heavy (non-hydrogen) atoms. The van der Waals surface area contributed by atoms with Gasteiger partial charge in [-0.15, -0.1) is 23.2 Å². The molecular weight excluding hydrogens is 281 g/mol. The van der Waals surface area contributed by atoms with E-state index >= 15 is 0 Å². The molecule has 0 radical (unpaired) electrons. The van der Waals surface area contributed by atoms with E-state index in [0.29, 0.717) is 5.69 Å². The minimum Gasteiger partial charge on any atom is -0.325 e. The Morgan fingerprint density at radius 2 is 1.42 bits per heavy atom. The highest BCUT2D eigenvalue weighted by molar-refractivity contribution is 6.38. The largest absolute Gasteiger partial charge is 0.325 e. The van der Waals surface area contributed by atoms with Crippen LogP contribution in [-0.4, -0.2) is 11.3 Å². The molecule has 0 aliphatic carbocycles. The summed E-state index contributed by atoms with van der Waals surface area (Å²) in [4.78, 5) is 12.0. The second-order valence-corrected chi connectivity index (χ2v) is 5.01. The SMILES string of the molecule is O=C(Nc1ccccc1)[C@@H](Cl)[C@@H](Cl)c1ccccc1. The van der Waals surface area contributed by atoms with E-state index in [2.05, 4.69) is 5.32 Å². The zero-order valence-corrected chi connectivity index (χ0v) is 11.6. The van der Waals surface area contributed by atoms with Crippen molar-refractivity contribution in [1.29, 1.82) is 0 Å². The topological polar surface area (TPSA) is 29.1 Å². The number of para-hydroxylation sites is 1. The number of carbonyl (C=O) groups is 1. The zero-order valence-electron chi connectivity index (χ0n) is 10.1. The molecule has 0 aliphatic heterocycles. The average molecular weight is 294 g/mol. The van der Waals surface area contributed by atoms with E-state index in [-0.39, 0.29) is 5.91 Å². The van der Waals surface area contributed by atoms with Crippen molar-refractivity contribution in [3.8, 4) is 0 Å². The predicted octanol–water partition coefficient (Wildman–Crippen LogP) is 4.21. The Morgan fingerprint density at radius 1 is 0.895 bits per heavy atom. The van der Waals surface area contributed by atoms with Gasteiger partial charge in [-0.05, 0) is 17.7 Å². The van der Waals surface area contributed by atoms with Crippen LogP contribution >= 0.6 is 23.2 Å². The highest BCUT2D eigenvalue weighted by Crippen LogP contribution is 2.28. The monoisotopic (exact) mass is 293 g/mol. The molecular formula is C15H13Cl2NO. The Labute approximate surface area is 122 Å². The number of hydrogen-bond donors (Lipinski definition) is 1. The first-order chi connectivity index (χ1) is 9.18. The van der Waals surface area contributed by atoms with Crippen LogP contribution in [0.3, 0.4) is 0 Å². The maximum atomic E-state index is 12.0. The van der Waals surface area contributed by atoms with E-state index < -0.39 is 10.8 Å². The maximum absolute atomic E-state index is 12.0. The highest BCUT2D eigenvalue weighted by atomic mass is 35.5. The summed E-state index contributed by atoms with van der Waals surface area (Å²) in [5.74, 6) is -0.309. The van der Waals surface area contributed by atoms with Crippen molar-refractivity contribution in [2.45, 2.75) is 10.8 Å². The van der Waals surface area contributed by atoms with E-state index in [1.165, 1.54) is 0 Å². The summed E-state index contributed by atoms with van der Waals surface area (Å²) in [5, 5.41) is 1.34. The van der Waals surface area contributed by atoms with Crippen LogP contribution < -0.4 is 5.32 Å². The van der Waals surface area contributed by atoms with Gasteiger partial charge in [-0.1, -0.05) is 48.5 Å². The zero-order chi connectivity index (χ0) is 13.7. The van der Waals surface area contributed by atoms with Gasteiger partial charge in [0.15, 0.2) is 0 Å². The summed E-state index contributed by atoms with van der Waals surface area (Å²) in [6, 6.07) is 18.5. The van der Waals surface area contributed by atoms with E-state index in [1.54, 1.807) is 12.1 Å². The van der Waals surface area contributed by atoms with Crippen LogP contribution in [-0.2, 0) is 4.79 Å². The number of amides is 1. The van der Waals surface area contributed by atoms with Crippen molar-refractivity contribution in [3.63, 3.8) is 0 Å². The van der Waals surface area contributed by atoms with Crippen molar-refractivity contribution in [2.24, 2.45) is 0 Å². The molecule has 1 N–H and O–H groups in total. The third kappa shape index (κ3) is 3.72. The molecule has 1 amide bonds. The number of nitrogens with one attached hydrogen (secondary N) is 1. The van der Waals surface area contributed by atoms with Crippen molar-refractivity contribution < 1.29 is 4.79 Å². The fourth-order valence-electron chi connectivity index (χ4n) is 1.67. The molecule has 2 rings (SSSR count). The van der Waals surface area contributed by atoms with E-state index in [9.17, 15) is 4.79 Å². The summed E-state index contributed by atoms with van der Waals surface area (Å²) in [6.45, 7) is 0. The third-order valence-electron chi connectivity index (χ3n) is 2.67. The first-order valence-corrected chi connectivity index (χ1v) is 6.75. The van der Waals surface area contributed by atoms with Gasteiger partial charge in [0.2, 0.25) is 5.91 Å². The number of rotatable bonds is 4. The van der Waals surface area contributed by atoms with Gasteiger partial charge < -0.3 is 5.32 Å². The summed E-state index contributed by atoms with van der Waals surface area (Å²) in [6.07, 6.45) is 0. The minimum absolute atomic E-state index is 0.309. The number of benzene rings is 2. The fraction of sp³-hybridized carbons (Fsp3) is 0.133. The van der Waals surface area contributed by atoms with Crippen LogP contribution in [0.4, 0.5) is 5.69 Å². The number of alkyl halides is 2. The van der Waals surface area contributed by atoms with Crippen LogP contribution in [0.2, 0.25) is 0 Å². The number of carbonyl (C=O) groups excluding carboxylic acids is 1. The van der Waals surface area contributed by atoms with Crippen molar-refractivity contribution in [3.05, 3.63) is 66.2 Å². The van der Waals surface area contributed by atoms with Crippen molar-refractivity contribution in [2.75, 3.05) is 5.32 Å². The van der Waals surface area contributed by atoms with E-state index in [4.69, 9.17) is 23.2 Å². The molecule has 0 heterocycles. The average Bonchev–Trinajstić information content (AvgIpc) is 2.47. The smallest absolute Gasteiger partial charge is 0.244 e. The van der Waals surface area contributed by atoms with E-state index in [0.717, 1.165) is 5.56 Å². The van der Waals surface area contributed by atoms with Crippen LogP contribution in [0.15, 0.2) is 60.7 Å².